The van der Waals surface area contributed by atoms with Crippen LogP contribution in [0.25, 0.3) is 0 Å². The van der Waals surface area contributed by atoms with Crippen molar-refractivity contribution in [1.82, 2.24) is 4.90 Å². The standard InChI is InChI=1S/C20H21NO4S/c22-19(23)12-17-14-26-11-10-21(17)20(24)16-6-8-18(9-7-16)25-13-15-4-2-1-3-5-15/h1-9,17H,10-14H2,(H,22,23). The second-order valence-corrected chi connectivity index (χ2v) is 7.27. The van der Waals surface area contributed by atoms with Gasteiger partial charge in [-0.05, 0) is 29.8 Å². The first-order chi connectivity index (χ1) is 12.6. The van der Waals surface area contributed by atoms with E-state index in [2.05, 4.69) is 0 Å². The molecule has 1 heterocycles. The Morgan fingerprint density at radius 3 is 2.54 bits per heavy atom. The van der Waals surface area contributed by atoms with Crippen LogP contribution in [0.3, 0.4) is 0 Å². The van der Waals surface area contributed by atoms with Gasteiger partial charge in [-0.2, -0.15) is 11.8 Å². The number of hydrogen-bond acceptors (Lipinski definition) is 4. The fourth-order valence-electron chi connectivity index (χ4n) is 2.89. The van der Waals surface area contributed by atoms with Crippen LogP contribution in [-0.4, -0.2) is 46.0 Å². The molecule has 0 saturated carbocycles. The van der Waals surface area contributed by atoms with Crippen molar-refractivity contribution in [2.75, 3.05) is 18.1 Å². The van der Waals surface area contributed by atoms with E-state index in [0.717, 1.165) is 11.3 Å². The minimum absolute atomic E-state index is 0.0169. The molecule has 1 N–H and O–H groups in total. The van der Waals surface area contributed by atoms with E-state index in [9.17, 15) is 9.59 Å². The Hall–Kier alpha value is -2.47. The van der Waals surface area contributed by atoms with E-state index in [1.807, 2.05) is 30.3 Å². The molecule has 6 heteroatoms. The zero-order valence-corrected chi connectivity index (χ0v) is 15.2. The van der Waals surface area contributed by atoms with E-state index in [1.165, 1.54) is 0 Å². The van der Waals surface area contributed by atoms with E-state index >= 15 is 0 Å². The summed E-state index contributed by atoms with van der Waals surface area (Å²) in [4.78, 5) is 25.5. The van der Waals surface area contributed by atoms with Gasteiger partial charge >= 0.3 is 5.97 Å². The Kier molecular flexibility index (Phi) is 6.17. The number of benzene rings is 2. The van der Waals surface area contributed by atoms with E-state index in [-0.39, 0.29) is 18.4 Å². The van der Waals surface area contributed by atoms with Crippen LogP contribution in [0.15, 0.2) is 54.6 Å². The molecule has 1 aliphatic heterocycles. The molecule has 1 fully saturated rings. The highest BCUT2D eigenvalue weighted by molar-refractivity contribution is 7.99. The van der Waals surface area contributed by atoms with Gasteiger partial charge in [0.1, 0.15) is 12.4 Å². The number of hydrogen-bond donors (Lipinski definition) is 1. The fraction of sp³-hybridized carbons (Fsp3) is 0.300. The number of carbonyl (C=O) groups is 2. The molecular formula is C20H21NO4S. The molecule has 0 radical (unpaired) electrons. The highest BCUT2D eigenvalue weighted by Crippen LogP contribution is 2.22. The topological polar surface area (TPSA) is 66.8 Å². The Morgan fingerprint density at radius 1 is 1.12 bits per heavy atom. The molecule has 0 aliphatic carbocycles. The number of carboxylic acid groups (broad SMARTS) is 1. The minimum atomic E-state index is -0.875. The molecule has 1 saturated heterocycles. The van der Waals surface area contributed by atoms with Crippen molar-refractivity contribution < 1.29 is 19.4 Å². The van der Waals surface area contributed by atoms with Gasteiger partial charge in [0.2, 0.25) is 0 Å². The molecule has 1 unspecified atom stereocenters. The normalized spacial score (nSPS) is 16.9. The molecule has 2 aromatic carbocycles. The summed E-state index contributed by atoms with van der Waals surface area (Å²) in [5, 5.41) is 9.06. The summed E-state index contributed by atoms with van der Waals surface area (Å²) in [5.74, 6) is 1.20. The van der Waals surface area contributed by atoms with Crippen LogP contribution in [0.2, 0.25) is 0 Å². The molecule has 1 atom stereocenters. The first-order valence-corrected chi connectivity index (χ1v) is 9.66. The van der Waals surface area contributed by atoms with Gasteiger partial charge in [-0.25, -0.2) is 0 Å². The Morgan fingerprint density at radius 2 is 1.85 bits per heavy atom. The summed E-state index contributed by atoms with van der Waals surface area (Å²) in [5.41, 5.74) is 1.63. The van der Waals surface area contributed by atoms with Crippen molar-refractivity contribution in [2.24, 2.45) is 0 Å². The Balaban J connectivity index is 1.63. The lowest BCUT2D eigenvalue weighted by Gasteiger charge is -2.34. The predicted molar refractivity (Wildman–Crippen MR) is 102 cm³/mol. The van der Waals surface area contributed by atoms with E-state index in [1.54, 1.807) is 40.9 Å². The van der Waals surface area contributed by atoms with Gasteiger partial charge in [0, 0.05) is 23.6 Å². The Bertz CT molecular complexity index is 748. The Labute approximate surface area is 157 Å². The predicted octanol–water partition coefficient (Wildman–Crippen LogP) is 3.30. The maximum atomic E-state index is 12.8. The molecule has 136 valence electrons. The minimum Gasteiger partial charge on any atom is -0.489 e. The van der Waals surface area contributed by atoms with Crippen molar-refractivity contribution in [3.8, 4) is 5.75 Å². The number of aliphatic carboxylic acids is 1. The lowest BCUT2D eigenvalue weighted by Crippen LogP contribution is -2.47. The second kappa shape index (κ2) is 8.76. The van der Waals surface area contributed by atoms with E-state index in [0.29, 0.717) is 30.2 Å². The average Bonchev–Trinajstić information content (AvgIpc) is 2.67. The highest BCUT2D eigenvalue weighted by Gasteiger charge is 2.29. The molecule has 26 heavy (non-hydrogen) atoms. The van der Waals surface area contributed by atoms with Gasteiger partial charge in [-0.3, -0.25) is 9.59 Å². The van der Waals surface area contributed by atoms with Gasteiger partial charge in [-0.15, -0.1) is 0 Å². The zero-order valence-electron chi connectivity index (χ0n) is 14.3. The molecule has 1 amide bonds. The number of amides is 1. The lowest BCUT2D eigenvalue weighted by atomic mass is 10.1. The van der Waals surface area contributed by atoms with Crippen LogP contribution >= 0.6 is 11.8 Å². The van der Waals surface area contributed by atoms with Gasteiger partial charge in [0.05, 0.1) is 12.5 Å². The third-order valence-corrected chi connectivity index (χ3v) is 5.34. The number of thioether (sulfide) groups is 1. The molecule has 0 bridgehead atoms. The highest BCUT2D eigenvalue weighted by atomic mass is 32.2. The smallest absolute Gasteiger partial charge is 0.305 e. The number of carboxylic acids is 1. The van der Waals surface area contributed by atoms with Crippen molar-refractivity contribution in [2.45, 2.75) is 19.1 Å². The molecule has 2 aromatic rings. The molecule has 5 nitrogen and oxygen atoms in total. The van der Waals surface area contributed by atoms with Crippen LogP contribution in [0.1, 0.15) is 22.3 Å². The maximum Gasteiger partial charge on any atom is 0.305 e. The van der Waals surface area contributed by atoms with Crippen LogP contribution in [0.4, 0.5) is 0 Å². The average molecular weight is 371 g/mol. The monoisotopic (exact) mass is 371 g/mol. The molecule has 3 rings (SSSR count). The molecule has 0 spiro atoms. The van der Waals surface area contributed by atoms with E-state index < -0.39 is 5.97 Å². The summed E-state index contributed by atoms with van der Waals surface area (Å²) in [7, 11) is 0. The second-order valence-electron chi connectivity index (χ2n) is 6.12. The largest absolute Gasteiger partial charge is 0.489 e. The van der Waals surface area contributed by atoms with E-state index in [4.69, 9.17) is 9.84 Å². The van der Waals surface area contributed by atoms with Crippen molar-refractivity contribution in [1.29, 1.82) is 0 Å². The fourth-order valence-corrected chi connectivity index (χ4v) is 3.96. The number of ether oxygens (including phenoxy) is 1. The van der Waals surface area contributed by atoms with Crippen LogP contribution < -0.4 is 4.74 Å². The quantitative estimate of drug-likeness (QED) is 0.844. The van der Waals surface area contributed by atoms with Crippen molar-refractivity contribution in [3.63, 3.8) is 0 Å². The van der Waals surface area contributed by atoms with Crippen molar-refractivity contribution in [3.05, 3.63) is 65.7 Å². The molecule has 0 aromatic heterocycles. The number of rotatable bonds is 6. The van der Waals surface area contributed by atoms with Gasteiger partial charge in [0.15, 0.2) is 0 Å². The SMILES string of the molecule is O=C(O)CC1CSCCN1C(=O)c1ccc(OCc2ccccc2)cc1. The van der Waals surface area contributed by atoms with Crippen LogP contribution in [-0.2, 0) is 11.4 Å². The number of nitrogens with zero attached hydrogens (tertiary/aromatic N) is 1. The summed E-state index contributed by atoms with van der Waals surface area (Å²) < 4.78 is 5.74. The maximum absolute atomic E-state index is 12.8. The summed E-state index contributed by atoms with van der Waals surface area (Å²) in [6.07, 6.45) is -0.0169. The van der Waals surface area contributed by atoms with Gasteiger partial charge in [-0.1, -0.05) is 30.3 Å². The van der Waals surface area contributed by atoms with Gasteiger partial charge < -0.3 is 14.7 Å². The lowest BCUT2D eigenvalue weighted by molar-refractivity contribution is -0.138. The summed E-state index contributed by atoms with van der Waals surface area (Å²) >= 11 is 1.69. The third-order valence-electron chi connectivity index (χ3n) is 4.25. The molecular weight excluding hydrogens is 350 g/mol. The van der Waals surface area contributed by atoms with Crippen molar-refractivity contribution >= 4 is 23.6 Å². The summed E-state index contributed by atoms with van der Waals surface area (Å²) in [6.45, 7) is 1.05. The van der Waals surface area contributed by atoms with Crippen LogP contribution in [0, 0.1) is 0 Å². The van der Waals surface area contributed by atoms with Crippen LogP contribution in [0.5, 0.6) is 5.75 Å². The zero-order chi connectivity index (χ0) is 18.4. The molecule has 1 aliphatic rings. The first-order valence-electron chi connectivity index (χ1n) is 8.51. The first kappa shape index (κ1) is 18.3. The summed E-state index contributed by atoms with van der Waals surface area (Å²) in [6, 6.07) is 16.7. The number of carbonyl (C=O) groups excluding carboxylic acids is 1. The third kappa shape index (κ3) is 4.79. The van der Waals surface area contributed by atoms with Gasteiger partial charge in [0.25, 0.3) is 5.91 Å².